The van der Waals surface area contributed by atoms with E-state index in [4.69, 9.17) is 5.73 Å². The van der Waals surface area contributed by atoms with E-state index in [1.54, 1.807) is 18.5 Å². The molecule has 1 aliphatic rings. The zero-order valence-electron chi connectivity index (χ0n) is 10.0. The van der Waals surface area contributed by atoms with Crippen LogP contribution in [0.3, 0.4) is 0 Å². The molecule has 4 nitrogen and oxygen atoms in total. The predicted molar refractivity (Wildman–Crippen MR) is 72.5 cm³/mol. The average molecular weight is 241 g/mol. The van der Waals surface area contributed by atoms with E-state index in [2.05, 4.69) is 11.1 Å². The number of rotatable bonds is 1. The Kier molecular flexibility index (Phi) is 2.54. The minimum absolute atomic E-state index is 0.406. The molecule has 0 saturated carbocycles. The van der Waals surface area contributed by atoms with Crippen LogP contribution >= 0.6 is 0 Å². The highest BCUT2D eigenvalue weighted by Crippen LogP contribution is 2.33. The number of pyridine rings is 1. The lowest BCUT2D eigenvalue weighted by molar-refractivity contribution is 0.348. The van der Waals surface area contributed by atoms with Gasteiger partial charge in [-0.3, -0.25) is 4.98 Å². The number of hydrogen-bond acceptors (Lipinski definition) is 3. The molecule has 1 aliphatic heterocycles. The van der Waals surface area contributed by atoms with Crippen LogP contribution in [0.4, 0.5) is 11.4 Å². The molecule has 2 aromatic rings. The van der Waals surface area contributed by atoms with Gasteiger partial charge in [-0.1, -0.05) is 24.3 Å². The summed E-state index contributed by atoms with van der Waals surface area (Å²) >= 11 is 0. The Balaban J connectivity index is 2.02. The molecule has 4 heteroatoms. The summed E-state index contributed by atoms with van der Waals surface area (Å²) in [6.07, 6.45) is 3.99. The zero-order chi connectivity index (χ0) is 12.6. The van der Waals surface area contributed by atoms with Gasteiger partial charge in [0.05, 0.1) is 18.4 Å². The van der Waals surface area contributed by atoms with E-state index in [0.29, 0.717) is 24.5 Å². The van der Waals surface area contributed by atoms with Gasteiger partial charge >= 0.3 is 0 Å². The highest BCUT2D eigenvalue weighted by molar-refractivity contribution is 5.64. The molecule has 1 unspecified atom stereocenters. The topological polar surface area (TPSA) is 62.0 Å². The molecule has 0 bridgehead atoms. The van der Waals surface area contributed by atoms with Crippen LogP contribution in [0, 0.1) is 5.21 Å². The lowest BCUT2D eigenvalue weighted by Gasteiger charge is -2.45. The van der Waals surface area contributed by atoms with Crippen molar-refractivity contribution in [2.75, 3.05) is 12.3 Å². The summed E-state index contributed by atoms with van der Waals surface area (Å²) in [5.74, 6) is 0. The van der Waals surface area contributed by atoms with Crippen molar-refractivity contribution < 1.29 is 0 Å². The number of anilines is 1. The SMILES string of the molecule is Nc1ccncc1[N+]1([O-])CCc2ccccc2C1. The van der Waals surface area contributed by atoms with Gasteiger partial charge in [0.25, 0.3) is 0 Å². The Morgan fingerprint density at radius 1 is 1.17 bits per heavy atom. The highest BCUT2D eigenvalue weighted by atomic mass is 16.5. The number of nitrogens with zero attached hydrogens (tertiary/aromatic N) is 2. The van der Waals surface area contributed by atoms with E-state index in [1.165, 1.54) is 5.56 Å². The van der Waals surface area contributed by atoms with Crippen molar-refractivity contribution in [3.05, 3.63) is 59.1 Å². The lowest BCUT2D eigenvalue weighted by Crippen LogP contribution is -2.47. The third-order valence-corrected chi connectivity index (χ3v) is 3.56. The van der Waals surface area contributed by atoms with Crippen LogP contribution in [-0.4, -0.2) is 11.5 Å². The minimum Gasteiger partial charge on any atom is -0.627 e. The van der Waals surface area contributed by atoms with Gasteiger partial charge in [0.1, 0.15) is 6.54 Å². The van der Waals surface area contributed by atoms with Crippen LogP contribution in [0.25, 0.3) is 0 Å². The number of fused-ring (bicyclic) bond motifs is 1. The summed E-state index contributed by atoms with van der Waals surface area (Å²) in [7, 11) is 0. The molecule has 0 spiro atoms. The van der Waals surface area contributed by atoms with Crippen molar-refractivity contribution in [2.24, 2.45) is 0 Å². The fourth-order valence-corrected chi connectivity index (χ4v) is 2.55. The van der Waals surface area contributed by atoms with E-state index in [9.17, 15) is 5.21 Å². The molecule has 0 saturated heterocycles. The van der Waals surface area contributed by atoms with Gasteiger partial charge in [0, 0.05) is 18.2 Å². The van der Waals surface area contributed by atoms with Gasteiger partial charge in [-0.15, -0.1) is 0 Å². The summed E-state index contributed by atoms with van der Waals surface area (Å²) in [6.45, 7) is 0.957. The van der Waals surface area contributed by atoms with Crippen LogP contribution in [0.5, 0.6) is 0 Å². The third-order valence-electron chi connectivity index (χ3n) is 3.56. The lowest BCUT2D eigenvalue weighted by atomic mass is 9.99. The van der Waals surface area contributed by atoms with E-state index >= 15 is 0 Å². The van der Waals surface area contributed by atoms with Crippen molar-refractivity contribution in [2.45, 2.75) is 13.0 Å². The number of quaternary nitrogens is 1. The van der Waals surface area contributed by atoms with Gasteiger partial charge in [-0.2, -0.15) is 0 Å². The molecule has 0 fully saturated rings. The van der Waals surface area contributed by atoms with Crippen molar-refractivity contribution in [3.63, 3.8) is 0 Å². The Hall–Kier alpha value is -1.91. The number of nitrogens with two attached hydrogens (primary N) is 1. The molecule has 3 rings (SSSR count). The van der Waals surface area contributed by atoms with Crippen LogP contribution in [0.1, 0.15) is 11.1 Å². The summed E-state index contributed by atoms with van der Waals surface area (Å²) < 4.78 is -0.406. The van der Waals surface area contributed by atoms with Crippen molar-refractivity contribution in [3.8, 4) is 0 Å². The monoisotopic (exact) mass is 241 g/mol. The smallest absolute Gasteiger partial charge is 0.174 e. The molecule has 1 aromatic carbocycles. The Bertz CT molecular complexity index is 585. The predicted octanol–water partition coefficient (Wildman–Crippen LogP) is 2.23. The zero-order valence-corrected chi connectivity index (χ0v) is 10.0. The highest BCUT2D eigenvalue weighted by Gasteiger charge is 2.28. The maximum absolute atomic E-state index is 12.9. The second-order valence-corrected chi connectivity index (χ2v) is 4.72. The van der Waals surface area contributed by atoms with Crippen LogP contribution in [0.15, 0.2) is 42.7 Å². The molecule has 92 valence electrons. The van der Waals surface area contributed by atoms with E-state index in [0.717, 1.165) is 12.0 Å². The number of hydroxylamine groups is 2. The second kappa shape index (κ2) is 4.08. The first-order chi connectivity index (χ1) is 8.69. The normalized spacial score (nSPS) is 22.5. The van der Waals surface area contributed by atoms with Crippen LogP contribution in [0.2, 0.25) is 0 Å². The van der Waals surface area contributed by atoms with Crippen LogP contribution in [-0.2, 0) is 13.0 Å². The van der Waals surface area contributed by atoms with Gasteiger partial charge < -0.3 is 15.6 Å². The summed E-state index contributed by atoms with van der Waals surface area (Å²) in [5.41, 5.74) is 9.39. The van der Waals surface area contributed by atoms with Gasteiger partial charge in [-0.25, -0.2) is 0 Å². The molecule has 0 amide bonds. The first kappa shape index (κ1) is 11.2. The largest absolute Gasteiger partial charge is 0.627 e. The maximum atomic E-state index is 12.9. The molecule has 0 radical (unpaired) electrons. The molecule has 0 aliphatic carbocycles. The molecule has 1 aromatic heterocycles. The number of nitrogen functional groups attached to an aromatic ring is 1. The van der Waals surface area contributed by atoms with Crippen LogP contribution < -0.4 is 10.4 Å². The minimum atomic E-state index is -0.406. The summed E-state index contributed by atoms with van der Waals surface area (Å²) in [5, 5.41) is 12.9. The first-order valence-corrected chi connectivity index (χ1v) is 6.04. The van der Waals surface area contributed by atoms with E-state index < -0.39 is 4.65 Å². The Labute approximate surface area is 106 Å². The quantitative estimate of drug-likeness (QED) is 0.615. The number of benzene rings is 1. The Morgan fingerprint density at radius 3 is 2.72 bits per heavy atom. The standard InChI is InChI=1S/C14H15N3O/c15-13-5-7-16-9-14(13)17(18)8-6-11-3-1-2-4-12(11)10-17/h1-5,7,9H,6,8,10H2,(H2,15,16). The molecule has 2 heterocycles. The second-order valence-electron chi connectivity index (χ2n) is 4.72. The average Bonchev–Trinajstić information content (AvgIpc) is 2.39. The third kappa shape index (κ3) is 1.75. The van der Waals surface area contributed by atoms with E-state index in [1.807, 2.05) is 18.2 Å². The van der Waals surface area contributed by atoms with Gasteiger partial charge in [0.15, 0.2) is 5.69 Å². The van der Waals surface area contributed by atoms with E-state index in [-0.39, 0.29) is 0 Å². The van der Waals surface area contributed by atoms with Crippen molar-refractivity contribution >= 4 is 11.4 Å². The number of aromatic nitrogens is 1. The number of hydrogen-bond donors (Lipinski definition) is 1. The molecular weight excluding hydrogens is 226 g/mol. The maximum Gasteiger partial charge on any atom is 0.174 e. The molecule has 2 N–H and O–H groups in total. The molecule has 1 atom stereocenters. The summed E-state index contributed by atoms with van der Waals surface area (Å²) in [4.78, 5) is 4.03. The molecular formula is C14H15N3O. The van der Waals surface area contributed by atoms with Gasteiger partial charge in [0.2, 0.25) is 0 Å². The summed E-state index contributed by atoms with van der Waals surface area (Å²) in [6, 6.07) is 9.79. The van der Waals surface area contributed by atoms with Crippen molar-refractivity contribution in [1.82, 2.24) is 9.63 Å². The fraction of sp³-hybridized carbons (Fsp3) is 0.214. The van der Waals surface area contributed by atoms with Gasteiger partial charge in [-0.05, 0) is 11.6 Å². The Morgan fingerprint density at radius 2 is 1.94 bits per heavy atom. The fourth-order valence-electron chi connectivity index (χ4n) is 2.55. The molecule has 18 heavy (non-hydrogen) atoms. The van der Waals surface area contributed by atoms with Crippen molar-refractivity contribution in [1.29, 1.82) is 0 Å². The first-order valence-electron chi connectivity index (χ1n) is 6.04.